The van der Waals surface area contributed by atoms with Crippen molar-refractivity contribution in [1.29, 1.82) is 0 Å². The molecule has 1 atom stereocenters. The second kappa shape index (κ2) is 4.41. The Morgan fingerprint density at radius 2 is 2.06 bits per heavy atom. The summed E-state index contributed by atoms with van der Waals surface area (Å²) in [5.41, 5.74) is 0.362. The highest BCUT2D eigenvalue weighted by molar-refractivity contribution is 5.65. The third-order valence-electron chi connectivity index (χ3n) is 3.24. The molecule has 17 heavy (non-hydrogen) atoms. The van der Waals surface area contributed by atoms with Crippen LogP contribution < -0.4 is 9.84 Å². The number of rotatable bonds is 3. The number of aliphatic hydroxyl groups is 1. The summed E-state index contributed by atoms with van der Waals surface area (Å²) in [6.45, 7) is 4.08. The van der Waals surface area contributed by atoms with E-state index in [9.17, 15) is 5.11 Å². The van der Waals surface area contributed by atoms with E-state index < -0.39 is 0 Å². The molecule has 0 saturated heterocycles. The van der Waals surface area contributed by atoms with Crippen molar-refractivity contribution >= 4 is 5.76 Å². The first-order valence-electron chi connectivity index (χ1n) is 5.80. The summed E-state index contributed by atoms with van der Waals surface area (Å²) >= 11 is 0. The largest absolute Gasteiger partial charge is 0.872 e. The molecule has 3 nitrogen and oxygen atoms in total. The molecule has 2 rings (SSSR count). The van der Waals surface area contributed by atoms with Crippen molar-refractivity contribution in [3.05, 3.63) is 35.9 Å². The van der Waals surface area contributed by atoms with Crippen LogP contribution in [0, 0.1) is 5.41 Å². The van der Waals surface area contributed by atoms with Crippen LogP contribution in [-0.2, 0) is 0 Å². The first-order valence-corrected chi connectivity index (χ1v) is 5.80. The van der Waals surface area contributed by atoms with Gasteiger partial charge in [0, 0.05) is 17.6 Å². The highest BCUT2D eigenvalue weighted by Crippen LogP contribution is 2.36. The first-order chi connectivity index (χ1) is 8.04. The maximum Gasteiger partial charge on any atom is 0.126 e. The van der Waals surface area contributed by atoms with E-state index in [2.05, 4.69) is 0 Å². The number of para-hydroxylation sites is 1. The summed E-state index contributed by atoms with van der Waals surface area (Å²) < 4.78 is 5.83. The molecule has 0 fully saturated rings. The zero-order valence-electron chi connectivity index (χ0n) is 10.1. The van der Waals surface area contributed by atoms with Crippen LogP contribution in [0.25, 0.3) is 5.76 Å². The van der Waals surface area contributed by atoms with E-state index in [0.29, 0.717) is 17.7 Å². The normalized spacial score (nSPS) is 19.2. The Kier molecular flexibility index (Phi) is 3.11. The smallest absolute Gasteiger partial charge is 0.126 e. The summed E-state index contributed by atoms with van der Waals surface area (Å²) in [6.07, 6.45) is 1.93. The summed E-state index contributed by atoms with van der Waals surface area (Å²) in [6, 6.07) is 7.26. The summed E-state index contributed by atoms with van der Waals surface area (Å²) in [7, 11) is 0. The second-order valence-corrected chi connectivity index (χ2v) is 5.03. The fraction of sp³-hybridized carbons (Fsp3) is 0.429. The SMILES string of the molecule is CC(C)(CCO)C1C=C([O-])c2ccccc2O1. The third-order valence-corrected chi connectivity index (χ3v) is 3.24. The van der Waals surface area contributed by atoms with E-state index in [1.165, 1.54) is 0 Å². The van der Waals surface area contributed by atoms with Gasteiger partial charge in [-0.2, -0.15) is 0 Å². The van der Waals surface area contributed by atoms with Crippen LogP contribution in [0.4, 0.5) is 0 Å². The molecular formula is C14H17O3-. The van der Waals surface area contributed by atoms with Crippen molar-refractivity contribution < 1.29 is 14.9 Å². The van der Waals surface area contributed by atoms with Gasteiger partial charge in [-0.3, -0.25) is 0 Å². The molecule has 0 amide bonds. The third kappa shape index (κ3) is 2.29. The molecular weight excluding hydrogens is 216 g/mol. The minimum absolute atomic E-state index is 0.00265. The van der Waals surface area contributed by atoms with Gasteiger partial charge in [-0.25, -0.2) is 0 Å². The van der Waals surface area contributed by atoms with Crippen LogP contribution in [0.3, 0.4) is 0 Å². The number of benzene rings is 1. The van der Waals surface area contributed by atoms with E-state index in [1.807, 2.05) is 32.0 Å². The van der Waals surface area contributed by atoms with Crippen molar-refractivity contribution in [3.63, 3.8) is 0 Å². The lowest BCUT2D eigenvalue weighted by molar-refractivity contribution is -0.245. The van der Waals surface area contributed by atoms with E-state index in [-0.39, 0.29) is 23.9 Å². The molecule has 0 bridgehead atoms. The lowest BCUT2D eigenvalue weighted by Crippen LogP contribution is -2.36. The molecule has 0 spiro atoms. The summed E-state index contributed by atoms with van der Waals surface area (Å²) in [5.74, 6) is 0.638. The number of hydrogen-bond acceptors (Lipinski definition) is 3. The predicted molar refractivity (Wildman–Crippen MR) is 64.3 cm³/mol. The van der Waals surface area contributed by atoms with Gasteiger partial charge in [-0.05, 0) is 12.5 Å². The molecule has 1 heterocycles. The van der Waals surface area contributed by atoms with Gasteiger partial charge in [0.15, 0.2) is 0 Å². The van der Waals surface area contributed by atoms with E-state index in [0.717, 1.165) is 0 Å². The van der Waals surface area contributed by atoms with Gasteiger partial charge in [-0.15, -0.1) is 0 Å². The minimum Gasteiger partial charge on any atom is -0.872 e. The summed E-state index contributed by atoms with van der Waals surface area (Å²) in [5, 5.41) is 21.0. The lowest BCUT2D eigenvalue weighted by Gasteiger charge is -2.37. The van der Waals surface area contributed by atoms with Crippen LogP contribution in [0.2, 0.25) is 0 Å². The number of ether oxygens (including phenoxy) is 1. The van der Waals surface area contributed by atoms with Gasteiger partial charge < -0.3 is 14.9 Å². The fourth-order valence-corrected chi connectivity index (χ4v) is 1.99. The topological polar surface area (TPSA) is 52.5 Å². The van der Waals surface area contributed by atoms with Crippen LogP contribution in [0.1, 0.15) is 25.8 Å². The minimum atomic E-state index is -0.281. The standard InChI is InChI=1S/C14H18O3/c1-14(2,7-8-15)13-9-11(16)10-5-3-4-6-12(10)17-13/h3-6,9,13,15-16H,7-8H2,1-2H3/p-1. The van der Waals surface area contributed by atoms with Crippen LogP contribution in [0.5, 0.6) is 5.75 Å². The highest BCUT2D eigenvalue weighted by Gasteiger charge is 2.31. The monoisotopic (exact) mass is 233 g/mol. The molecule has 1 unspecified atom stereocenters. The first kappa shape index (κ1) is 12.0. The predicted octanol–water partition coefficient (Wildman–Crippen LogP) is 1.56. The maximum absolute atomic E-state index is 11.9. The number of fused-ring (bicyclic) bond motifs is 1. The van der Waals surface area contributed by atoms with Gasteiger partial charge in [-0.1, -0.05) is 43.9 Å². The Bertz CT molecular complexity index is 435. The van der Waals surface area contributed by atoms with E-state index in [1.54, 1.807) is 12.1 Å². The van der Waals surface area contributed by atoms with Crippen LogP contribution in [0.15, 0.2) is 30.3 Å². The van der Waals surface area contributed by atoms with Gasteiger partial charge >= 0.3 is 0 Å². The Morgan fingerprint density at radius 1 is 1.35 bits per heavy atom. The molecule has 0 saturated carbocycles. The summed E-state index contributed by atoms with van der Waals surface area (Å²) in [4.78, 5) is 0. The molecule has 0 radical (unpaired) electrons. The molecule has 0 aliphatic carbocycles. The van der Waals surface area contributed by atoms with Crippen molar-refractivity contribution in [2.75, 3.05) is 6.61 Å². The zero-order valence-corrected chi connectivity index (χ0v) is 10.1. The maximum atomic E-state index is 11.9. The quantitative estimate of drug-likeness (QED) is 0.862. The average Bonchev–Trinajstić information content (AvgIpc) is 2.29. The molecule has 1 aliphatic rings. The Balaban J connectivity index is 2.30. The van der Waals surface area contributed by atoms with Crippen molar-refractivity contribution in [1.82, 2.24) is 0 Å². The Hall–Kier alpha value is -1.48. The molecule has 1 aliphatic heterocycles. The van der Waals surface area contributed by atoms with Crippen molar-refractivity contribution in [2.24, 2.45) is 5.41 Å². The zero-order chi connectivity index (χ0) is 12.5. The van der Waals surface area contributed by atoms with Gasteiger partial charge in [0.25, 0.3) is 0 Å². The molecule has 1 aromatic carbocycles. The highest BCUT2D eigenvalue weighted by atomic mass is 16.5. The van der Waals surface area contributed by atoms with Crippen molar-refractivity contribution in [3.8, 4) is 5.75 Å². The molecule has 1 N–H and O–H groups in total. The van der Waals surface area contributed by atoms with E-state index in [4.69, 9.17) is 9.84 Å². The number of aliphatic hydroxyl groups excluding tert-OH is 1. The molecule has 92 valence electrons. The Morgan fingerprint density at radius 3 is 2.76 bits per heavy atom. The molecule has 3 heteroatoms. The van der Waals surface area contributed by atoms with Crippen LogP contribution in [-0.4, -0.2) is 17.8 Å². The van der Waals surface area contributed by atoms with Crippen molar-refractivity contribution in [2.45, 2.75) is 26.4 Å². The van der Waals surface area contributed by atoms with Crippen LogP contribution >= 0.6 is 0 Å². The number of hydrogen-bond donors (Lipinski definition) is 1. The second-order valence-electron chi connectivity index (χ2n) is 5.03. The fourth-order valence-electron chi connectivity index (χ4n) is 1.99. The Labute approximate surface area is 101 Å². The molecule has 0 aromatic heterocycles. The lowest BCUT2D eigenvalue weighted by atomic mass is 9.82. The van der Waals surface area contributed by atoms with Gasteiger partial charge in [0.05, 0.1) is 0 Å². The molecule has 1 aromatic rings. The van der Waals surface area contributed by atoms with E-state index >= 15 is 0 Å². The van der Waals surface area contributed by atoms with Gasteiger partial charge in [0.1, 0.15) is 11.9 Å². The van der Waals surface area contributed by atoms with Gasteiger partial charge in [0.2, 0.25) is 0 Å². The average molecular weight is 233 g/mol.